The van der Waals surface area contributed by atoms with Crippen LogP contribution in [0.25, 0.3) is 0 Å². The average molecular weight is 918 g/mol. The molecule has 0 radical (unpaired) electrons. The molecule has 2 aliphatic heterocycles. The number of hydrogen-bond acceptors (Lipinski definition) is 15. The highest BCUT2D eigenvalue weighted by atomic mass is 32.3. The number of ether oxygens (including phenoxy) is 5. The lowest BCUT2D eigenvalue weighted by Gasteiger charge is -2.33. The maximum absolute atomic E-state index is 12.5. The van der Waals surface area contributed by atoms with Gasteiger partial charge < -0.3 is 43.9 Å². The maximum Gasteiger partial charge on any atom is 0.472 e. The summed E-state index contributed by atoms with van der Waals surface area (Å²) in [4.78, 5) is 33.8. The Morgan fingerprint density at radius 3 is 2.11 bits per heavy atom. The second kappa shape index (κ2) is 29.8. The molecule has 0 aliphatic carbocycles. The highest BCUT2D eigenvalue weighted by Gasteiger charge is 2.52. The van der Waals surface area contributed by atoms with E-state index in [0.29, 0.717) is 36.9 Å². The number of unbranched alkanes of at least 4 members (excludes halogenated alkanes) is 14. The fourth-order valence-electron chi connectivity index (χ4n) is 7.10. The van der Waals surface area contributed by atoms with Gasteiger partial charge in [0.2, 0.25) is 0 Å². The number of phosphoric ester groups is 1. The normalized spacial score (nSPS) is 22.6. The fourth-order valence-corrected chi connectivity index (χ4v) is 8.19. The third-order valence-corrected chi connectivity index (χ3v) is 11.9. The molecule has 2 saturated heterocycles. The second-order valence-electron chi connectivity index (χ2n) is 17.3. The smallest absolute Gasteiger partial charge is 0.462 e. The summed E-state index contributed by atoms with van der Waals surface area (Å²) in [6.07, 6.45) is 21.0. The van der Waals surface area contributed by atoms with Gasteiger partial charge >= 0.3 is 30.2 Å². The first kappa shape index (κ1) is 55.6. The van der Waals surface area contributed by atoms with Gasteiger partial charge in [-0.25, -0.2) is 13.5 Å². The highest BCUT2D eigenvalue weighted by molar-refractivity contribution is 7.80. The van der Waals surface area contributed by atoms with Crippen LogP contribution in [-0.2, 0) is 61.5 Å². The number of nitrogens with two attached hydrogens (primary N) is 1. The van der Waals surface area contributed by atoms with Crippen LogP contribution in [0.1, 0.15) is 135 Å². The van der Waals surface area contributed by atoms with Gasteiger partial charge in [0.25, 0.3) is 0 Å². The molecule has 0 spiro atoms. The van der Waals surface area contributed by atoms with Gasteiger partial charge in [0.15, 0.2) is 11.9 Å². The molecular formula is C41H78N2O16PS+. The van der Waals surface area contributed by atoms with Crippen molar-refractivity contribution >= 4 is 30.2 Å². The van der Waals surface area contributed by atoms with Crippen molar-refractivity contribution in [3.8, 4) is 0 Å². The zero-order chi connectivity index (χ0) is 45.2. The van der Waals surface area contributed by atoms with E-state index >= 15 is 0 Å². The number of aliphatic hydroxyl groups excluding tert-OH is 1. The number of carbonyl (C=O) groups is 2. The first-order valence-corrected chi connectivity index (χ1v) is 25.1. The zero-order valence-electron chi connectivity index (χ0n) is 37.2. The minimum atomic E-state index is -4.48. The van der Waals surface area contributed by atoms with Gasteiger partial charge in [-0.1, -0.05) is 83.1 Å². The SMILES string of the molecule is CC(=O)OC[C@H](COP(=O)(O)OCC[N+](C)(C)C)OC(=O)/C=C/CCCCC[C@H]1O[C@]2(CCCCCCCCCCCCCCOC[C@H](N)COS(=O)(=O)O)CC[C@@H](O)[C@H]1O2. The highest BCUT2D eigenvalue weighted by Crippen LogP contribution is 2.45. The van der Waals surface area contributed by atoms with Crippen LogP contribution in [0.15, 0.2) is 12.2 Å². The monoisotopic (exact) mass is 917 g/mol. The van der Waals surface area contributed by atoms with E-state index in [0.717, 1.165) is 64.2 Å². The Labute approximate surface area is 364 Å². The van der Waals surface area contributed by atoms with E-state index in [1.165, 1.54) is 57.9 Å². The average Bonchev–Trinajstić information content (AvgIpc) is 3.48. The Balaban J connectivity index is 1.53. The van der Waals surface area contributed by atoms with Crippen molar-refractivity contribution in [3.05, 3.63) is 12.2 Å². The number of quaternary nitrogens is 1. The lowest BCUT2D eigenvalue weighted by atomic mass is 9.94. The molecule has 1 unspecified atom stereocenters. The fraction of sp³-hybridized carbons (Fsp3) is 0.902. The molecule has 0 saturated carbocycles. The molecule has 2 bridgehead atoms. The first-order valence-electron chi connectivity index (χ1n) is 22.2. The van der Waals surface area contributed by atoms with Crippen LogP contribution >= 0.6 is 7.82 Å². The minimum absolute atomic E-state index is 0.0157. The standard InChI is InChI=1S/C41H77N2O16PS/c1-34(44)53-32-36(33-55-60(47,48)54-29-27-43(2,3)4)57-39(46)23-19-15-13-14-18-22-38-40-37(45)24-26-41(58-38,59-40)25-20-16-11-9-7-5-6-8-10-12-17-21-28-52-30-35(42)31-56-61(49,50)51/h19,23,35-38,40,45H,5-18,20-22,24-33,42H2,1-4H3,(H-,47,48,49,50,51)/p+1/b23-19+/t35-,36+,37+,38+,40+,41-/m0/s1. The molecule has 0 aromatic carbocycles. The maximum atomic E-state index is 12.5. The number of nitrogens with zero attached hydrogens (tertiary/aromatic N) is 1. The molecule has 61 heavy (non-hydrogen) atoms. The number of likely N-dealkylation sites (N-methyl/N-ethyl adjacent to an activating group) is 1. The molecule has 20 heteroatoms. The van der Waals surface area contributed by atoms with Crippen LogP contribution in [0.4, 0.5) is 0 Å². The van der Waals surface area contributed by atoms with E-state index in [2.05, 4.69) is 4.18 Å². The van der Waals surface area contributed by atoms with E-state index in [1.807, 2.05) is 21.1 Å². The Kier molecular flexibility index (Phi) is 27.1. The van der Waals surface area contributed by atoms with Gasteiger partial charge in [0.05, 0.1) is 59.2 Å². The van der Waals surface area contributed by atoms with Gasteiger partial charge in [0.1, 0.15) is 25.9 Å². The molecule has 2 aliphatic rings. The predicted molar refractivity (Wildman–Crippen MR) is 227 cm³/mol. The largest absolute Gasteiger partial charge is 0.472 e. The van der Waals surface area contributed by atoms with Crippen molar-refractivity contribution < 1.29 is 78.5 Å². The van der Waals surface area contributed by atoms with E-state index in [1.54, 1.807) is 6.08 Å². The zero-order valence-corrected chi connectivity index (χ0v) is 38.9. The summed E-state index contributed by atoms with van der Waals surface area (Å²) in [7, 11) is -3.16. The lowest BCUT2D eigenvalue weighted by Crippen LogP contribution is -2.41. The third kappa shape index (κ3) is 28.1. The molecule has 0 aromatic rings. The summed E-state index contributed by atoms with van der Waals surface area (Å²) in [5.41, 5.74) is 5.69. The number of esters is 2. The van der Waals surface area contributed by atoms with E-state index in [-0.39, 0.29) is 38.6 Å². The number of fused-ring (bicyclic) bond motifs is 2. The van der Waals surface area contributed by atoms with Crippen LogP contribution < -0.4 is 5.73 Å². The van der Waals surface area contributed by atoms with Crippen LogP contribution in [0, 0.1) is 0 Å². The molecule has 5 N–H and O–H groups in total. The van der Waals surface area contributed by atoms with E-state index in [9.17, 15) is 32.6 Å². The van der Waals surface area contributed by atoms with Gasteiger partial charge in [0, 0.05) is 32.4 Å². The van der Waals surface area contributed by atoms with Crippen molar-refractivity contribution in [2.24, 2.45) is 5.73 Å². The molecule has 0 aromatic heterocycles. The van der Waals surface area contributed by atoms with Crippen LogP contribution in [0.2, 0.25) is 0 Å². The molecule has 2 fully saturated rings. The summed E-state index contributed by atoms with van der Waals surface area (Å²) >= 11 is 0. The van der Waals surface area contributed by atoms with Crippen molar-refractivity contribution in [2.45, 2.75) is 172 Å². The molecular weight excluding hydrogens is 839 g/mol. The molecule has 2 rings (SSSR count). The lowest BCUT2D eigenvalue weighted by molar-refractivity contribution is -0.870. The van der Waals surface area contributed by atoms with Crippen LogP contribution in [-0.4, -0.2) is 143 Å². The van der Waals surface area contributed by atoms with Crippen molar-refractivity contribution in [3.63, 3.8) is 0 Å². The van der Waals surface area contributed by atoms with Gasteiger partial charge in [-0.2, -0.15) is 8.42 Å². The number of aliphatic hydroxyl groups is 1. The quantitative estimate of drug-likeness (QED) is 0.0146. The number of allylic oxidation sites excluding steroid dienone is 1. The second-order valence-corrected chi connectivity index (χ2v) is 19.9. The van der Waals surface area contributed by atoms with Crippen LogP contribution in [0.3, 0.4) is 0 Å². The molecule has 7 atom stereocenters. The van der Waals surface area contributed by atoms with Crippen molar-refractivity contribution in [1.29, 1.82) is 0 Å². The number of carbonyl (C=O) groups excluding carboxylic acids is 2. The summed E-state index contributed by atoms with van der Waals surface area (Å²) < 4.78 is 85.3. The van der Waals surface area contributed by atoms with Crippen molar-refractivity contribution in [2.75, 3.05) is 67.3 Å². The number of phosphoric acid groups is 1. The van der Waals surface area contributed by atoms with E-state index in [4.69, 9.17) is 43.0 Å². The van der Waals surface area contributed by atoms with Gasteiger partial charge in [-0.3, -0.25) is 18.4 Å². The molecule has 0 amide bonds. The predicted octanol–water partition coefficient (Wildman–Crippen LogP) is 5.68. The molecule has 2 heterocycles. The topological polar surface area (TPSA) is 246 Å². The van der Waals surface area contributed by atoms with Crippen LogP contribution in [0.5, 0.6) is 0 Å². The van der Waals surface area contributed by atoms with E-state index < -0.39 is 60.8 Å². The summed E-state index contributed by atoms with van der Waals surface area (Å²) in [5.74, 6) is -1.89. The van der Waals surface area contributed by atoms with Crippen molar-refractivity contribution in [1.82, 2.24) is 0 Å². The van der Waals surface area contributed by atoms with Gasteiger partial charge in [-0.05, 0) is 38.5 Å². The Hall–Kier alpha value is -1.58. The summed E-state index contributed by atoms with van der Waals surface area (Å²) in [6, 6.07) is -0.608. The minimum Gasteiger partial charge on any atom is -0.462 e. The Morgan fingerprint density at radius 2 is 1.49 bits per heavy atom. The Morgan fingerprint density at radius 1 is 0.869 bits per heavy atom. The number of rotatable bonds is 37. The Bertz CT molecular complexity index is 1420. The summed E-state index contributed by atoms with van der Waals surface area (Å²) in [5, 5.41) is 10.7. The van der Waals surface area contributed by atoms with Gasteiger partial charge in [-0.15, -0.1) is 0 Å². The molecule has 18 nitrogen and oxygen atoms in total. The number of hydrogen-bond donors (Lipinski definition) is 4. The first-order chi connectivity index (χ1) is 28.8. The molecule has 358 valence electrons. The third-order valence-electron chi connectivity index (χ3n) is 10.5. The summed E-state index contributed by atoms with van der Waals surface area (Å²) in [6.45, 7) is 1.25.